The fourth-order valence-corrected chi connectivity index (χ4v) is 0. The Morgan fingerprint density at radius 1 is 1.44 bits per heavy atom. The molecule has 4 nitrogen and oxygen atoms in total. The molecular weight excluding hydrogens is 180 g/mol. The summed E-state index contributed by atoms with van der Waals surface area (Å²) in [6.07, 6.45) is 0. The van der Waals surface area contributed by atoms with Crippen LogP contribution in [0, 0.1) is 0 Å². The fourth-order valence-electron chi connectivity index (χ4n) is 0. The van der Waals surface area contributed by atoms with Crippen LogP contribution in [0.5, 0.6) is 0 Å². The Morgan fingerprint density at radius 3 is 1.44 bits per heavy atom. The van der Waals surface area contributed by atoms with E-state index in [-0.39, 0.29) is 75.5 Å². The molecule has 6 heteroatoms. The van der Waals surface area contributed by atoms with Gasteiger partial charge in [0.2, 0.25) is 0 Å². The second kappa shape index (κ2) is 22.7. The SMILES string of the molecule is CC(=O)[O-].O=C[O-].[Ca+2].[Ca+2]. The largest absolute Gasteiger partial charge is 2.00 e. The van der Waals surface area contributed by atoms with Gasteiger partial charge in [0.15, 0.2) is 0 Å². The standard InChI is InChI=1S/C2H4O2.CH2O2.2Ca/c1-2(3)4;2-1-3;;/h1H3,(H,3,4);1H,(H,2,3);;/q;;2*+2/p-2. The molecule has 0 aliphatic carbocycles. The first-order chi connectivity index (χ1) is 3.15. The van der Waals surface area contributed by atoms with Crippen molar-refractivity contribution >= 4 is 87.9 Å². The number of rotatable bonds is 0. The van der Waals surface area contributed by atoms with Gasteiger partial charge in [0.25, 0.3) is 0 Å². The van der Waals surface area contributed by atoms with Crippen LogP contribution >= 0.6 is 0 Å². The van der Waals surface area contributed by atoms with Crippen LogP contribution < -0.4 is 10.2 Å². The van der Waals surface area contributed by atoms with Crippen LogP contribution in [0.1, 0.15) is 6.92 Å². The molecule has 0 spiro atoms. The van der Waals surface area contributed by atoms with E-state index in [2.05, 4.69) is 0 Å². The molecule has 0 saturated heterocycles. The summed E-state index contributed by atoms with van der Waals surface area (Å²) in [5.74, 6) is -1.08. The number of hydrogen-bond donors (Lipinski definition) is 0. The molecule has 0 N–H and O–H groups in total. The third-order valence-electron chi connectivity index (χ3n) is 0. The smallest absolute Gasteiger partial charge is 0.554 e. The van der Waals surface area contributed by atoms with E-state index >= 15 is 0 Å². The fraction of sp³-hybridized carbons (Fsp3) is 0.333. The minimum atomic E-state index is -1.08. The Morgan fingerprint density at radius 2 is 1.44 bits per heavy atom. The maximum absolute atomic E-state index is 8.89. The molecule has 0 amide bonds. The van der Waals surface area contributed by atoms with Gasteiger partial charge < -0.3 is 19.8 Å². The van der Waals surface area contributed by atoms with E-state index in [4.69, 9.17) is 19.8 Å². The maximum atomic E-state index is 8.89. The predicted octanol–water partition coefficient (Wildman–Crippen LogP) is -3.64. The molecule has 0 heterocycles. The van der Waals surface area contributed by atoms with Crippen molar-refractivity contribution in [3.05, 3.63) is 0 Å². The average Bonchev–Trinajstić information content (AvgIpc) is 1.33. The zero-order valence-corrected chi connectivity index (χ0v) is 9.54. The number of hydrogen-bond acceptors (Lipinski definition) is 4. The van der Waals surface area contributed by atoms with Crippen molar-refractivity contribution in [1.82, 2.24) is 0 Å². The van der Waals surface area contributed by atoms with Crippen molar-refractivity contribution in [3.8, 4) is 0 Å². The van der Waals surface area contributed by atoms with E-state index in [9.17, 15) is 0 Å². The first-order valence-corrected chi connectivity index (χ1v) is 1.38. The van der Waals surface area contributed by atoms with Gasteiger partial charge in [0, 0.05) is 12.4 Å². The van der Waals surface area contributed by atoms with Crippen molar-refractivity contribution in [1.29, 1.82) is 0 Å². The molecule has 0 aliphatic heterocycles. The van der Waals surface area contributed by atoms with Crippen LogP contribution in [-0.2, 0) is 9.59 Å². The van der Waals surface area contributed by atoms with Gasteiger partial charge in [-0.15, -0.1) is 0 Å². The van der Waals surface area contributed by atoms with Gasteiger partial charge in [0.1, 0.15) is 0 Å². The topological polar surface area (TPSA) is 80.3 Å². The van der Waals surface area contributed by atoms with Crippen molar-refractivity contribution in [3.63, 3.8) is 0 Å². The van der Waals surface area contributed by atoms with Gasteiger partial charge in [-0.1, -0.05) is 0 Å². The summed E-state index contributed by atoms with van der Waals surface area (Å²) in [5.41, 5.74) is 0. The molecule has 0 radical (unpaired) electrons. The molecule has 9 heavy (non-hydrogen) atoms. The predicted molar refractivity (Wildman–Crippen MR) is 28.3 cm³/mol. The summed E-state index contributed by atoms with van der Waals surface area (Å²) < 4.78 is 0. The minimum absolute atomic E-state index is 0. The molecule has 0 aliphatic rings. The summed E-state index contributed by atoms with van der Waals surface area (Å²) in [7, 11) is 0. The third kappa shape index (κ3) is 247. The quantitative estimate of drug-likeness (QED) is 0.287. The van der Waals surface area contributed by atoms with E-state index in [1.807, 2.05) is 0 Å². The molecule has 0 rings (SSSR count). The molecule has 0 fully saturated rings. The van der Waals surface area contributed by atoms with Gasteiger partial charge in [-0.2, -0.15) is 0 Å². The van der Waals surface area contributed by atoms with E-state index in [1.54, 1.807) is 0 Å². The summed E-state index contributed by atoms with van der Waals surface area (Å²) in [6, 6.07) is 0. The van der Waals surface area contributed by atoms with Crippen LogP contribution in [0.15, 0.2) is 0 Å². The Hall–Kier alpha value is 1.46. The number of aliphatic carboxylic acids is 1. The van der Waals surface area contributed by atoms with Gasteiger partial charge in [-0.3, -0.25) is 0 Å². The summed E-state index contributed by atoms with van der Waals surface area (Å²) in [4.78, 5) is 17.1. The second-order valence-corrected chi connectivity index (χ2v) is 0.588. The zero-order chi connectivity index (χ0) is 6.28. The Labute approximate surface area is 113 Å². The Kier molecular flexibility index (Phi) is 56.6. The molecule has 0 atom stereocenters. The van der Waals surface area contributed by atoms with Crippen molar-refractivity contribution < 1.29 is 19.8 Å². The molecule has 42 valence electrons. The van der Waals surface area contributed by atoms with E-state index in [1.165, 1.54) is 0 Å². The van der Waals surface area contributed by atoms with Crippen molar-refractivity contribution in [2.24, 2.45) is 0 Å². The molecule has 0 aromatic heterocycles. The van der Waals surface area contributed by atoms with E-state index in [0.717, 1.165) is 6.92 Å². The summed E-state index contributed by atoms with van der Waals surface area (Å²) >= 11 is 0. The van der Waals surface area contributed by atoms with E-state index in [0.29, 0.717) is 0 Å². The zero-order valence-electron chi connectivity index (χ0n) is 5.12. The second-order valence-electron chi connectivity index (χ2n) is 0.588. The average molecular weight is 184 g/mol. The Bertz CT molecular complexity index is 60.8. The molecule has 0 aromatic carbocycles. The van der Waals surface area contributed by atoms with Crippen molar-refractivity contribution in [2.45, 2.75) is 6.92 Å². The normalized spacial score (nSPS) is 4.11. The van der Waals surface area contributed by atoms with Gasteiger partial charge >= 0.3 is 75.5 Å². The first kappa shape index (κ1) is 22.4. The molecule has 0 saturated carbocycles. The van der Waals surface area contributed by atoms with Crippen LogP contribution in [0.2, 0.25) is 0 Å². The van der Waals surface area contributed by atoms with E-state index < -0.39 is 12.4 Å². The number of carbonyl (C=O) groups excluding carboxylic acids is 2. The van der Waals surface area contributed by atoms with Crippen molar-refractivity contribution in [2.75, 3.05) is 0 Å². The first-order valence-electron chi connectivity index (χ1n) is 1.38. The van der Waals surface area contributed by atoms with Gasteiger partial charge in [0.05, 0.1) is 0 Å². The number of carboxylic acid groups (broad SMARTS) is 2. The monoisotopic (exact) mass is 184 g/mol. The van der Waals surface area contributed by atoms with Crippen LogP contribution in [0.4, 0.5) is 0 Å². The van der Waals surface area contributed by atoms with Crippen LogP contribution in [0.25, 0.3) is 0 Å². The number of carboxylic acids is 1. The third-order valence-corrected chi connectivity index (χ3v) is 0. The summed E-state index contributed by atoms with van der Waals surface area (Å²) in [6.45, 7) is 0.472. The minimum Gasteiger partial charge on any atom is -0.554 e. The van der Waals surface area contributed by atoms with Gasteiger partial charge in [-0.05, 0) is 6.92 Å². The molecule has 0 unspecified atom stereocenters. The Balaban J connectivity index is -0.0000000233. The molecule has 0 aromatic rings. The summed E-state index contributed by atoms with van der Waals surface area (Å²) in [5, 5.41) is 17.1. The van der Waals surface area contributed by atoms with Crippen LogP contribution in [0.3, 0.4) is 0 Å². The number of carbonyl (C=O) groups is 2. The molecule has 0 bridgehead atoms. The van der Waals surface area contributed by atoms with Gasteiger partial charge in [-0.25, -0.2) is 0 Å². The maximum Gasteiger partial charge on any atom is 2.00 e. The molecular formula is C3H4Ca2O4+2. The van der Waals surface area contributed by atoms with Crippen LogP contribution in [-0.4, -0.2) is 87.9 Å².